The molecule has 1 aliphatic rings. The maximum atomic E-state index is 13.3. The Balaban J connectivity index is 2.08. The van der Waals surface area contributed by atoms with Gasteiger partial charge in [-0.1, -0.05) is 49.2 Å². The van der Waals surface area contributed by atoms with Gasteiger partial charge in [-0.05, 0) is 44.0 Å². The van der Waals surface area contributed by atoms with Gasteiger partial charge in [0.05, 0.1) is 21.7 Å². The number of hydrogen-bond donors (Lipinski definition) is 0. The van der Waals surface area contributed by atoms with Gasteiger partial charge in [0, 0.05) is 4.90 Å². The summed E-state index contributed by atoms with van der Waals surface area (Å²) in [7, 11) is -5.77. The fraction of sp³-hybridized carbons (Fsp3) is 0.350. The molecule has 0 aliphatic carbocycles. The van der Waals surface area contributed by atoms with Crippen LogP contribution in [0.1, 0.15) is 25.0 Å². The first-order valence-electron chi connectivity index (χ1n) is 8.72. The Morgan fingerprint density at radius 1 is 1.00 bits per heavy atom. The summed E-state index contributed by atoms with van der Waals surface area (Å²) in [6.07, 6.45) is 0.541. The molecule has 1 aliphatic heterocycles. The number of carbonyl (C=O) groups is 1. The van der Waals surface area contributed by atoms with E-state index in [-0.39, 0.29) is 10.8 Å². The molecular formula is C20H23NO4S2. The molecule has 5 nitrogen and oxygen atoms in total. The molecule has 1 heterocycles. The van der Waals surface area contributed by atoms with Gasteiger partial charge in [0.15, 0.2) is 11.2 Å². The van der Waals surface area contributed by atoms with Crippen LogP contribution in [0.4, 0.5) is 0 Å². The minimum absolute atomic E-state index is 0.100. The number of carbonyl (C=O) groups excluding carboxylic acids is 1. The van der Waals surface area contributed by atoms with E-state index in [4.69, 9.17) is 0 Å². The lowest BCUT2D eigenvalue weighted by Gasteiger charge is -2.12. The molecule has 0 saturated carbocycles. The topological polar surface area (TPSA) is 71.3 Å². The second-order valence-electron chi connectivity index (χ2n) is 7.25. The van der Waals surface area contributed by atoms with Crippen LogP contribution in [0.3, 0.4) is 0 Å². The first kappa shape index (κ1) is 19.9. The van der Waals surface area contributed by atoms with Crippen molar-refractivity contribution in [1.29, 1.82) is 0 Å². The predicted molar refractivity (Wildman–Crippen MR) is 105 cm³/mol. The average molecular weight is 406 g/mol. The molecular weight excluding hydrogens is 382 g/mol. The number of rotatable bonds is 6. The van der Waals surface area contributed by atoms with Gasteiger partial charge >= 0.3 is 0 Å². The largest absolute Gasteiger partial charge is 0.300 e. The molecule has 2 aromatic carbocycles. The Morgan fingerprint density at radius 3 is 1.93 bits per heavy atom. The van der Waals surface area contributed by atoms with Crippen molar-refractivity contribution >= 4 is 27.1 Å². The smallest absolute Gasteiger partial charge is 0.245 e. The van der Waals surface area contributed by atoms with Crippen molar-refractivity contribution < 1.29 is 17.4 Å². The number of aldehydes is 1. The SMILES string of the molecule is Cc1ccc(S(=O)[C@]2(C=O)[C@H](C(C)C)N2S(=O)(=O)c2ccc(C)cc2)cc1. The molecule has 4 atom stereocenters. The third-order valence-corrected chi connectivity index (χ3v) is 8.72. The second-order valence-corrected chi connectivity index (χ2v) is 10.7. The van der Waals surface area contributed by atoms with Gasteiger partial charge in [0.25, 0.3) is 0 Å². The molecule has 0 aromatic heterocycles. The van der Waals surface area contributed by atoms with Crippen LogP contribution in [-0.4, -0.2) is 34.1 Å². The van der Waals surface area contributed by atoms with E-state index >= 15 is 0 Å². The second kappa shape index (κ2) is 6.96. The van der Waals surface area contributed by atoms with Crippen molar-refractivity contribution in [2.45, 2.75) is 48.4 Å². The van der Waals surface area contributed by atoms with Crippen molar-refractivity contribution in [2.24, 2.45) is 5.92 Å². The number of aryl methyl sites for hydroxylation is 2. The van der Waals surface area contributed by atoms with Gasteiger partial charge in [-0.3, -0.25) is 4.21 Å². The van der Waals surface area contributed by atoms with Crippen molar-refractivity contribution in [3.63, 3.8) is 0 Å². The van der Waals surface area contributed by atoms with E-state index in [0.29, 0.717) is 11.2 Å². The van der Waals surface area contributed by atoms with E-state index in [0.717, 1.165) is 15.4 Å². The molecule has 27 heavy (non-hydrogen) atoms. The monoisotopic (exact) mass is 405 g/mol. The molecule has 0 bridgehead atoms. The lowest BCUT2D eigenvalue weighted by molar-refractivity contribution is -0.108. The number of hydrogen-bond acceptors (Lipinski definition) is 4. The molecule has 0 spiro atoms. The summed E-state index contributed by atoms with van der Waals surface area (Å²) in [5.41, 5.74) is 1.93. The highest BCUT2D eigenvalue weighted by molar-refractivity contribution is 7.93. The lowest BCUT2D eigenvalue weighted by Crippen LogP contribution is -2.30. The van der Waals surface area contributed by atoms with E-state index in [9.17, 15) is 17.4 Å². The van der Waals surface area contributed by atoms with E-state index in [1.54, 1.807) is 36.4 Å². The highest BCUT2D eigenvalue weighted by atomic mass is 32.2. The van der Waals surface area contributed by atoms with Crippen molar-refractivity contribution in [1.82, 2.24) is 4.31 Å². The van der Waals surface area contributed by atoms with Gasteiger partial charge < -0.3 is 4.79 Å². The molecule has 2 aromatic rings. The summed E-state index contributed by atoms with van der Waals surface area (Å²) in [6, 6.07) is 12.8. The van der Waals surface area contributed by atoms with Crippen LogP contribution in [0.15, 0.2) is 58.3 Å². The third kappa shape index (κ3) is 3.17. The molecule has 0 radical (unpaired) electrons. The Hall–Kier alpha value is -1.83. The minimum atomic E-state index is -3.95. The molecule has 0 N–H and O–H groups in total. The summed E-state index contributed by atoms with van der Waals surface area (Å²) in [4.78, 5) is 11.1. The highest BCUT2D eigenvalue weighted by Crippen LogP contribution is 2.52. The molecule has 0 amide bonds. The lowest BCUT2D eigenvalue weighted by atomic mass is 10.1. The Labute approximate surface area is 162 Å². The summed E-state index contributed by atoms with van der Waals surface area (Å²) >= 11 is 0. The summed E-state index contributed by atoms with van der Waals surface area (Å²) in [5, 5.41) is 0. The molecule has 144 valence electrons. The van der Waals surface area contributed by atoms with Crippen LogP contribution < -0.4 is 0 Å². The Bertz CT molecular complexity index is 982. The summed E-state index contributed by atoms with van der Waals surface area (Å²) in [5.74, 6) is -0.162. The predicted octanol–water partition coefficient (Wildman–Crippen LogP) is 3.04. The van der Waals surface area contributed by atoms with Crippen LogP contribution >= 0.6 is 0 Å². The number of benzene rings is 2. The standard InChI is InChI=1S/C20H23NO4S2/c1-14(2)19-20(13-22,26(23)17-9-5-15(3)6-10-17)21(19)27(24,25)18-11-7-16(4)8-12-18/h5-14,19H,1-4H3/t19-,20+,21?,26?/m0/s1. The van der Waals surface area contributed by atoms with Gasteiger partial charge in [0.1, 0.15) is 0 Å². The Morgan fingerprint density at radius 2 is 1.48 bits per heavy atom. The van der Waals surface area contributed by atoms with Gasteiger partial charge in [-0.2, -0.15) is 4.31 Å². The van der Waals surface area contributed by atoms with Gasteiger partial charge in [0.2, 0.25) is 10.0 Å². The van der Waals surface area contributed by atoms with E-state index in [1.807, 2.05) is 27.7 Å². The first-order chi connectivity index (χ1) is 12.7. The van der Waals surface area contributed by atoms with E-state index < -0.39 is 31.7 Å². The maximum absolute atomic E-state index is 13.3. The Kier molecular flexibility index (Phi) is 5.14. The molecule has 3 rings (SSSR count). The van der Waals surface area contributed by atoms with Crippen molar-refractivity contribution in [3.8, 4) is 0 Å². The van der Waals surface area contributed by atoms with Crippen molar-refractivity contribution in [3.05, 3.63) is 59.7 Å². The fourth-order valence-corrected chi connectivity index (χ4v) is 7.53. The van der Waals surface area contributed by atoms with Crippen LogP contribution in [0.25, 0.3) is 0 Å². The molecule has 1 saturated heterocycles. The van der Waals surface area contributed by atoms with Crippen LogP contribution in [0.5, 0.6) is 0 Å². The van der Waals surface area contributed by atoms with E-state index in [1.165, 1.54) is 12.1 Å². The van der Waals surface area contributed by atoms with Crippen molar-refractivity contribution in [2.75, 3.05) is 0 Å². The summed E-state index contributed by atoms with van der Waals surface area (Å²) < 4.78 is 40.9. The van der Waals surface area contributed by atoms with Crippen LogP contribution in [0.2, 0.25) is 0 Å². The fourth-order valence-electron chi connectivity index (χ4n) is 3.40. The molecule has 7 heteroatoms. The quantitative estimate of drug-likeness (QED) is 0.547. The zero-order valence-electron chi connectivity index (χ0n) is 15.7. The first-order valence-corrected chi connectivity index (χ1v) is 11.3. The van der Waals surface area contributed by atoms with Gasteiger partial charge in [-0.25, -0.2) is 8.42 Å². The molecule has 2 unspecified atom stereocenters. The van der Waals surface area contributed by atoms with Gasteiger partial charge in [-0.15, -0.1) is 0 Å². The normalized spacial score (nSPS) is 26.0. The van der Waals surface area contributed by atoms with Crippen LogP contribution in [0, 0.1) is 19.8 Å². The zero-order chi connectivity index (χ0) is 20.0. The maximum Gasteiger partial charge on any atom is 0.245 e. The van der Waals surface area contributed by atoms with E-state index in [2.05, 4.69) is 0 Å². The number of nitrogens with zero attached hydrogens (tertiary/aromatic N) is 1. The zero-order valence-corrected chi connectivity index (χ0v) is 17.4. The minimum Gasteiger partial charge on any atom is -0.300 e. The average Bonchev–Trinajstić information content (AvgIpc) is 3.34. The van der Waals surface area contributed by atoms with Crippen LogP contribution in [-0.2, 0) is 25.6 Å². The highest BCUT2D eigenvalue weighted by Gasteiger charge is 2.74. The third-order valence-electron chi connectivity index (χ3n) is 4.86. The molecule has 1 fully saturated rings. The summed E-state index contributed by atoms with van der Waals surface area (Å²) in [6.45, 7) is 7.44. The number of sulfonamides is 1.